The van der Waals surface area contributed by atoms with Gasteiger partial charge in [-0.15, -0.1) is 0 Å². The standard InChI is InChI=1S/C13H17N/c1-2-5-11(6-3-1)12-9-13(14-10-12)7-4-8-13/h1-3,5-6,12,14H,4,7-10H2. The minimum absolute atomic E-state index is 0.542. The molecule has 74 valence electrons. The van der Waals surface area contributed by atoms with Gasteiger partial charge in [-0.1, -0.05) is 30.3 Å². The molecule has 3 rings (SSSR count). The fourth-order valence-electron chi connectivity index (χ4n) is 2.90. The van der Waals surface area contributed by atoms with Crippen molar-refractivity contribution in [3.05, 3.63) is 35.9 Å². The van der Waals surface area contributed by atoms with E-state index in [1.807, 2.05) is 0 Å². The van der Waals surface area contributed by atoms with Crippen LogP contribution in [0.1, 0.15) is 37.2 Å². The number of benzene rings is 1. The third kappa shape index (κ3) is 1.27. The van der Waals surface area contributed by atoms with Crippen molar-refractivity contribution in [2.45, 2.75) is 37.1 Å². The molecule has 1 saturated heterocycles. The summed E-state index contributed by atoms with van der Waals surface area (Å²) in [6, 6.07) is 10.9. The molecule has 14 heavy (non-hydrogen) atoms. The van der Waals surface area contributed by atoms with Crippen molar-refractivity contribution in [1.29, 1.82) is 0 Å². The van der Waals surface area contributed by atoms with Crippen LogP contribution in [0.25, 0.3) is 0 Å². The maximum absolute atomic E-state index is 3.72. The van der Waals surface area contributed by atoms with Crippen LogP contribution in [0.3, 0.4) is 0 Å². The predicted molar refractivity (Wildman–Crippen MR) is 58.4 cm³/mol. The Bertz CT molecular complexity index is 313. The first-order valence-corrected chi connectivity index (χ1v) is 5.68. The molecule has 0 amide bonds. The summed E-state index contributed by atoms with van der Waals surface area (Å²) in [6.45, 7) is 1.18. The third-order valence-corrected chi connectivity index (χ3v) is 3.94. The first-order chi connectivity index (χ1) is 6.88. The van der Waals surface area contributed by atoms with Crippen molar-refractivity contribution in [3.8, 4) is 0 Å². The van der Waals surface area contributed by atoms with E-state index in [4.69, 9.17) is 0 Å². The normalized spacial score (nSPS) is 29.0. The van der Waals surface area contributed by atoms with Gasteiger partial charge in [-0.25, -0.2) is 0 Å². The fraction of sp³-hybridized carbons (Fsp3) is 0.538. The number of hydrogen-bond donors (Lipinski definition) is 1. The molecule has 1 aromatic carbocycles. The molecule has 1 heterocycles. The second-order valence-corrected chi connectivity index (χ2v) is 4.83. The monoisotopic (exact) mass is 187 g/mol. The van der Waals surface area contributed by atoms with Crippen LogP contribution >= 0.6 is 0 Å². The van der Waals surface area contributed by atoms with Crippen molar-refractivity contribution < 1.29 is 0 Å². The van der Waals surface area contributed by atoms with E-state index in [1.165, 1.54) is 37.8 Å². The zero-order valence-electron chi connectivity index (χ0n) is 8.50. The summed E-state index contributed by atoms with van der Waals surface area (Å²) >= 11 is 0. The summed E-state index contributed by atoms with van der Waals surface area (Å²) in [6.07, 6.45) is 5.58. The van der Waals surface area contributed by atoms with Gasteiger partial charge in [0.25, 0.3) is 0 Å². The molecule has 0 bridgehead atoms. The second kappa shape index (κ2) is 3.09. The maximum Gasteiger partial charge on any atom is 0.0188 e. The van der Waals surface area contributed by atoms with Gasteiger partial charge in [-0.3, -0.25) is 0 Å². The second-order valence-electron chi connectivity index (χ2n) is 4.83. The molecule has 1 heteroatoms. The maximum atomic E-state index is 3.72. The fourth-order valence-corrected chi connectivity index (χ4v) is 2.90. The van der Waals surface area contributed by atoms with Gasteiger partial charge in [0.15, 0.2) is 0 Å². The van der Waals surface area contributed by atoms with Crippen LogP contribution in [0, 0.1) is 0 Å². The third-order valence-electron chi connectivity index (χ3n) is 3.94. The zero-order valence-corrected chi connectivity index (χ0v) is 8.50. The molecule has 1 unspecified atom stereocenters. The van der Waals surface area contributed by atoms with Gasteiger partial charge in [0, 0.05) is 12.1 Å². The lowest BCUT2D eigenvalue weighted by Crippen LogP contribution is -2.45. The molecular formula is C13H17N. The lowest BCUT2D eigenvalue weighted by Gasteiger charge is -2.38. The smallest absolute Gasteiger partial charge is 0.0188 e. The molecule has 1 aromatic rings. The summed E-state index contributed by atoms with van der Waals surface area (Å²) in [7, 11) is 0. The van der Waals surface area contributed by atoms with Crippen LogP contribution in [-0.2, 0) is 0 Å². The van der Waals surface area contributed by atoms with E-state index < -0.39 is 0 Å². The van der Waals surface area contributed by atoms with Crippen molar-refractivity contribution >= 4 is 0 Å². The quantitative estimate of drug-likeness (QED) is 0.712. The highest BCUT2D eigenvalue weighted by Crippen LogP contribution is 2.43. The Morgan fingerprint density at radius 1 is 1.14 bits per heavy atom. The molecule has 0 radical (unpaired) electrons. The van der Waals surface area contributed by atoms with E-state index in [0.717, 1.165) is 5.92 Å². The Labute approximate surface area is 85.5 Å². The summed E-state index contributed by atoms with van der Waals surface area (Å²) in [5.41, 5.74) is 2.06. The van der Waals surface area contributed by atoms with Crippen LogP contribution < -0.4 is 5.32 Å². The minimum atomic E-state index is 0.542. The number of rotatable bonds is 1. The van der Waals surface area contributed by atoms with Gasteiger partial charge in [0.1, 0.15) is 0 Å². The Morgan fingerprint density at radius 2 is 1.93 bits per heavy atom. The Hall–Kier alpha value is -0.820. The Balaban J connectivity index is 1.76. The lowest BCUT2D eigenvalue weighted by atomic mass is 9.74. The first-order valence-electron chi connectivity index (χ1n) is 5.68. The molecule has 1 saturated carbocycles. The van der Waals surface area contributed by atoms with E-state index in [9.17, 15) is 0 Å². The molecule has 0 aromatic heterocycles. The molecular weight excluding hydrogens is 170 g/mol. The average Bonchev–Trinajstić information content (AvgIpc) is 2.63. The van der Waals surface area contributed by atoms with Crippen LogP contribution in [0.15, 0.2) is 30.3 Å². The molecule has 1 aliphatic carbocycles. The molecule has 2 aliphatic rings. The number of hydrogen-bond acceptors (Lipinski definition) is 1. The van der Waals surface area contributed by atoms with Gasteiger partial charge >= 0.3 is 0 Å². The largest absolute Gasteiger partial charge is 0.311 e. The highest BCUT2D eigenvalue weighted by atomic mass is 15.0. The van der Waals surface area contributed by atoms with Crippen LogP contribution in [0.2, 0.25) is 0 Å². The lowest BCUT2D eigenvalue weighted by molar-refractivity contribution is 0.214. The SMILES string of the molecule is c1ccc(C2CNC3(CCC3)C2)cc1. The van der Waals surface area contributed by atoms with Crippen molar-refractivity contribution in [3.63, 3.8) is 0 Å². The van der Waals surface area contributed by atoms with E-state index >= 15 is 0 Å². The summed E-state index contributed by atoms with van der Waals surface area (Å²) in [5, 5.41) is 3.72. The topological polar surface area (TPSA) is 12.0 Å². The van der Waals surface area contributed by atoms with E-state index in [0.29, 0.717) is 5.54 Å². The van der Waals surface area contributed by atoms with Gasteiger partial charge in [0.2, 0.25) is 0 Å². The zero-order chi connectivity index (χ0) is 9.43. The Kier molecular flexibility index (Phi) is 1.88. The van der Waals surface area contributed by atoms with Gasteiger partial charge in [-0.2, -0.15) is 0 Å². The summed E-state index contributed by atoms with van der Waals surface area (Å²) in [5.74, 6) is 0.761. The van der Waals surface area contributed by atoms with E-state index in [2.05, 4.69) is 35.6 Å². The van der Waals surface area contributed by atoms with Gasteiger partial charge in [-0.05, 0) is 37.2 Å². The predicted octanol–water partition coefficient (Wildman–Crippen LogP) is 2.69. The van der Waals surface area contributed by atoms with E-state index in [1.54, 1.807) is 0 Å². The van der Waals surface area contributed by atoms with Crippen LogP contribution in [0.4, 0.5) is 0 Å². The summed E-state index contributed by atoms with van der Waals surface area (Å²) < 4.78 is 0. The highest BCUT2D eigenvalue weighted by molar-refractivity contribution is 5.23. The first kappa shape index (κ1) is 8.49. The highest BCUT2D eigenvalue weighted by Gasteiger charge is 2.43. The number of nitrogens with one attached hydrogen (secondary N) is 1. The van der Waals surface area contributed by atoms with Crippen molar-refractivity contribution in [1.82, 2.24) is 5.32 Å². The molecule has 1 aliphatic heterocycles. The Morgan fingerprint density at radius 3 is 2.50 bits per heavy atom. The molecule has 1 N–H and O–H groups in total. The van der Waals surface area contributed by atoms with E-state index in [-0.39, 0.29) is 0 Å². The van der Waals surface area contributed by atoms with Gasteiger partial charge < -0.3 is 5.32 Å². The minimum Gasteiger partial charge on any atom is -0.311 e. The van der Waals surface area contributed by atoms with Crippen LogP contribution in [0.5, 0.6) is 0 Å². The summed E-state index contributed by atoms with van der Waals surface area (Å²) in [4.78, 5) is 0. The average molecular weight is 187 g/mol. The van der Waals surface area contributed by atoms with Gasteiger partial charge in [0.05, 0.1) is 0 Å². The van der Waals surface area contributed by atoms with Crippen LogP contribution in [-0.4, -0.2) is 12.1 Å². The molecule has 1 nitrogen and oxygen atoms in total. The molecule has 1 atom stereocenters. The van der Waals surface area contributed by atoms with Crippen molar-refractivity contribution in [2.24, 2.45) is 0 Å². The molecule has 1 spiro atoms. The van der Waals surface area contributed by atoms with Crippen molar-refractivity contribution in [2.75, 3.05) is 6.54 Å². The molecule has 2 fully saturated rings.